The van der Waals surface area contributed by atoms with Crippen molar-refractivity contribution in [2.24, 2.45) is 0 Å². The molecule has 3 heterocycles. The van der Waals surface area contributed by atoms with Gasteiger partial charge in [0, 0.05) is 29.4 Å². The molecule has 5 rings (SSSR count). The largest absolute Gasteiger partial charge is 0.441 e. The Labute approximate surface area is 141 Å². The third-order valence-corrected chi connectivity index (χ3v) is 4.42. The molecule has 0 unspecified atom stereocenters. The fourth-order valence-electron chi connectivity index (χ4n) is 3.03. The predicted molar refractivity (Wildman–Crippen MR) is 89.1 cm³/mol. The standard InChI is InChI=1S/C18H13FN4O2/c19-13-3-1-11(2-4-13)15-17(20-10-25-15)23-9-12-7-8-22(14-5-6-14)16(12)21-18(23)24/h1-4,7-10,14H,5-6H2. The normalized spacial score (nSPS) is 14.3. The Morgan fingerprint density at radius 1 is 1.16 bits per heavy atom. The predicted octanol–water partition coefficient (Wildman–Crippen LogP) is 3.32. The van der Waals surface area contributed by atoms with Gasteiger partial charge in [-0.25, -0.2) is 13.8 Å². The highest BCUT2D eigenvalue weighted by Crippen LogP contribution is 2.37. The topological polar surface area (TPSA) is 65.8 Å². The van der Waals surface area contributed by atoms with E-state index in [9.17, 15) is 9.18 Å². The molecule has 0 bridgehead atoms. The van der Waals surface area contributed by atoms with E-state index in [-0.39, 0.29) is 5.82 Å². The van der Waals surface area contributed by atoms with Crippen LogP contribution in [0.3, 0.4) is 0 Å². The molecule has 1 aliphatic rings. The quantitative estimate of drug-likeness (QED) is 0.576. The van der Waals surface area contributed by atoms with Gasteiger partial charge in [-0.15, -0.1) is 0 Å². The highest BCUT2D eigenvalue weighted by atomic mass is 19.1. The fourth-order valence-corrected chi connectivity index (χ4v) is 3.03. The molecule has 0 amide bonds. The van der Waals surface area contributed by atoms with Crippen molar-refractivity contribution >= 4 is 11.0 Å². The summed E-state index contributed by atoms with van der Waals surface area (Å²) < 4.78 is 22.0. The van der Waals surface area contributed by atoms with E-state index in [1.54, 1.807) is 18.3 Å². The van der Waals surface area contributed by atoms with Crippen molar-refractivity contribution in [3.63, 3.8) is 0 Å². The Balaban J connectivity index is 1.67. The Kier molecular flexibility index (Phi) is 2.91. The number of hydrogen-bond acceptors (Lipinski definition) is 4. The molecule has 1 aliphatic carbocycles. The summed E-state index contributed by atoms with van der Waals surface area (Å²) in [6.45, 7) is 0. The van der Waals surface area contributed by atoms with Crippen LogP contribution in [0, 0.1) is 5.82 Å². The maximum Gasteiger partial charge on any atom is 0.355 e. The van der Waals surface area contributed by atoms with Crippen LogP contribution in [0.4, 0.5) is 4.39 Å². The van der Waals surface area contributed by atoms with Crippen LogP contribution in [0.15, 0.2) is 58.3 Å². The first-order valence-electron chi connectivity index (χ1n) is 8.01. The van der Waals surface area contributed by atoms with Gasteiger partial charge >= 0.3 is 5.69 Å². The van der Waals surface area contributed by atoms with Crippen LogP contribution >= 0.6 is 0 Å². The number of nitrogens with zero attached hydrogens (tertiary/aromatic N) is 4. The minimum Gasteiger partial charge on any atom is -0.441 e. The molecule has 1 fully saturated rings. The van der Waals surface area contributed by atoms with Crippen LogP contribution in [0.1, 0.15) is 18.9 Å². The van der Waals surface area contributed by atoms with Gasteiger partial charge in [-0.2, -0.15) is 9.97 Å². The van der Waals surface area contributed by atoms with Crippen molar-refractivity contribution in [3.8, 4) is 17.1 Å². The van der Waals surface area contributed by atoms with E-state index < -0.39 is 5.69 Å². The zero-order chi connectivity index (χ0) is 17.0. The van der Waals surface area contributed by atoms with Crippen LogP contribution in [-0.2, 0) is 0 Å². The van der Waals surface area contributed by atoms with Gasteiger partial charge < -0.3 is 8.98 Å². The minimum absolute atomic E-state index is 0.338. The molecule has 0 N–H and O–H groups in total. The van der Waals surface area contributed by atoms with Crippen LogP contribution in [0.5, 0.6) is 0 Å². The van der Waals surface area contributed by atoms with Crippen molar-refractivity contribution in [1.29, 1.82) is 0 Å². The highest BCUT2D eigenvalue weighted by Gasteiger charge is 2.25. The number of hydrogen-bond donors (Lipinski definition) is 0. The van der Waals surface area contributed by atoms with Crippen molar-refractivity contribution in [2.45, 2.75) is 18.9 Å². The average Bonchev–Trinajstić information content (AvgIpc) is 3.19. The van der Waals surface area contributed by atoms with Crippen molar-refractivity contribution in [2.75, 3.05) is 0 Å². The zero-order valence-electron chi connectivity index (χ0n) is 13.1. The molecular weight excluding hydrogens is 323 g/mol. The molecule has 0 aliphatic heterocycles. The Bertz CT molecular complexity index is 1140. The summed E-state index contributed by atoms with van der Waals surface area (Å²) in [6.07, 6.45) is 7.18. The zero-order valence-corrected chi connectivity index (χ0v) is 13.1. The summed E-state index contributed by atoms with van der Waals surface area (Å²) >= 11 is 0. The molecule has 3 aromatic heterocycles. The molecule has 124 valence electrons. The van der Waals surface area contributed by atoms with E-state index in [0.717, 1.165) is 18.2 Å². The van der Waals surface area contributed by atoms with Gasteiger partial charge in [-0.05, 0) is 43.2 Å². The Hall–Kier alpha value is -3.22. The van der Waals surface area contributed by atoms with Crippen LogP contribution in [-0.4, -0.2) is 19.1 Å². The fraction of sp³-hybridized carbons (Fsp3) is 0.167. The van der Waals surface area contributed by atoms with Gasteiger partial charge in [0.25, 0.3) is 0 Å². The second-order valence-corrected chi connectivity index (χ2v) is 6.14. The second kappa shape index (κ2) is 5.14. The Morgan fingerprint density at radius 3 is 2.72 bits per heavy atom. The molecule has 1 saturated carbocycles. The summed E-state index contributed by atoms with van der Waals surface area (Å²) in [4.78, 5) is 21.0. The number of halogens is 1. The average molecular weight is 336 g/mol. The highest BCUT2D eigenvalue weighted by molar-refractivity contribution is 5.76. The number of oxazole rings is 1. The van der Waals surface area contributed by atoms with Gasteiger partial charge in [0.05, 0.1) is 0 Å². The van der Waals surface area contributed by atoms with E-state index >= 15 is 0 Å². The first-order valence-corrected chi connectivity index (χ1v) is 8.01. The molecule has 0 spiro atoms. The first-order chi connectivity index (χ1) is 12.2. The molecular formula is C18H13FN4O2. The number of aromatic nitrogens is 4. The van der Waals surface area contributed by atoms with E-state index in [0.29, 0.717) is 28.8 Å². The smallest absolute Gasteiger partial charge is 0.355 e. The van der Waals surface area contributed by atoms with Crippen molar-refractivity contribution in [1.82, 2.24) is 19.1 Å². The van der Waals surface area contributed by atoms with Crippen LogP contribution in [0.2, 0.25) is 0 Å². The van der Waals surface area contributed by atoms with E-state index in [1.807, 2.05) is 16.8 Å². The summed E-state index contributed by atoms with van der Waals surface area (Å²) in [7, 11) is 0. The SMILES string of the molecule is O=c1nc2c(ccn2C2CC2)cn1-c1ncoc1-c1ccc(F)cc1. The minimum atomic E-state index is -0.426. The summed E-state index contributed by atoms with van der Waals surface area (Å²) in [5.74, 6) is 0.390. The second-order valence-electron chi connectivity index (χ2n) is 6.14. The Morgan fingerprint density at radius 2 is 1.96 bits per heavy atom. The molecule has 4 aromatic rings. The number of benzene rings is 1. The van der Waals surface area contributed by atoms with Gasteiger partial charge in [0.1, 0.15) is 11.5 Å². The molecule has 6 nitrogen and oxygen atoms in total. The first kappa shape index (κ1) is 14.2. The van der Waals surface area contributed by atoms with Gasteiger partial charge in [0.2, 0.25) is 0 Å². The molecule has 0 saturated heterocycles. The monoisotopic (exact) mass is 336 g/mol. The van der Waals surface area contributed by atoms with Gasteiger partial charge in [0.15, 0.2) is 18.0 Å². The third-order valence-electron chi connectivity index (χ3n) is 4.42. The number of rotatable bonds is 3. The third kappa shape index (κ3) is 2.27. The molecule has 1 aromatic carbocycles. The number of fused-ring (bicyclic) bond motifs is 1. The lowest BCUT2D eigenvalue weighted by atomic mass is 10.2. The van der Waals surface area contributed by atoms with E-state index in [1.165, 1.54) is 23.1 Å². The van der Waals surface area contributed by atoms with Crippen LogP contribution in [0.25, 0.3) is 28.2 Å². The maximum absolute atomic E-state index is 13.1. The van der Waals surface area contributed by atoms with Gasteiger partial charge in [-0.3, -0.25) is 0 Å². The summed E-state index contributed by atoms with van der Waals surface area (Å²) in [5, 5.41) is 0.861. The molecule has 7 heteroatoms. The lowest BCUT2D eigenvalue weighted by Gasteiger charge is -2.06. The molecule has 25 heavy (non-hydrogen) atoms. The molecule has 0 radical (unpaired) electrons. The lowest BCUT2D eigenvalue weighted by Crippen LogP contribution is -2.22. The van der Waals surface area contributed by atoms with Crippen molar-refractivity contribution in [3.05, 3.63) is 65.4 Å². The van der Waals surface area contributed by atoms with Crippen molar-refractivity contribution < 1.29 is 8.81 Å². The van der Waals surface area contributed by atoms with Crippen LogP contribution < -0.4 is 5.69 Å². The summed E-state index contributed by atoms with van der Waals surface area (Å²) in [5.41, 5.74) is 0.900. The summed E-state index contributed by atoms with van der Waals surface area (Å²) in [6, 6.07) is 8.22. The maximum atomic E-state index is 13.1. The van der Waals surface area contributed by atoms with Gasteiger partial charge in [-0.1, -0.05) is 0 Å². The lowest BCUT2D eigenvalue weighted by molar-refractivity contribution is 0.570. The van der Waals surface area contributed by atoms with E-state index in [2.05, 4.69) is 9.97 Å². The molecule has 0 atom stereocenters. The van der Waals surface area contributed by atoms with E-state index in [4.69, 9.17) is 4.42 Å².